The number of rotatable bonds is 2. The number of esters is 1. The van der Waals surface area contributed by atoms with Crippen LogP contribution in [0.2, 0.25) is 0 Å². The number of fused-ring (bicyclic) bond motifs is 1. The van der Waals surface area contributed by atoms with E-state index in [-0.39, 0.29) is 11.6 Å². The van der Waals surface area contributed by atoms with Crippen LogP contribution < -0.4 is 0 Å². The topological polar surface area (TPSA) is 26.3 Å². The number of hydrogen-bond donors (Lipinski definition) is 0. The fraction of sp³-hybridized carbons (Fsp3) is 0.800. The third-order valence-corrected chi connectivity index (χ3v) is 4.63. The van der Waals surface area contributed by atoms with Crippen molar-refractivity contribution >= 4 is 5.97 Å². The number of carbonyl (C=O) groups excluding carboxylic acids is 1. The van der Waals surface area contributed by atoms with Crippen LogP contribution in [0.4, 0.5) is 0 Å². The molecule has 2 heteroatoms. The van der Waals surface area contributed by atoms with E-state index in [2.05, 4.69) is 13.5 Å². The van der Waals surface area contributed by atoms with Crippen molar-refractivity contribution in [3.05, 3.63) is 12.2 Å². The van der Waals surface area contributed by atoms with E-state index in [9.17, 15) is 4.79 Å². The van der Waals surface area contributed by atoms with E-state index in [1.165, 1.54) is 38.5 Å². The van der Waals surface area contributed by atoms with Crippen LogP contribution in [0.25, 0.3) is 0 Å². The molecule has 3 atom stereocenters. The summed E-state index contributed by atoms with van der Waals surface area (Å²) in [5.41, 5.74) is 0.286. The molecule has 2 fully saturated rings. The maximum Gasteiger partial charge on any atom is 0.333 e. The Hall–Kier alpha value is -0.790. The van der Waals surface area contributed by atoms with E-state index < -0.39 is 0 Å². The van der Waals surface area contributed by atoms with Crippen LogP contribution in [0.1, 0.15) is 58.8 Å². The highest BCUT2D eigenvalue weighted by atomic mass is 16.6. The van der Waals surface area contributed by atoms with Crippen LogP contribution in [0.3, 0.4) is 0 Å². The van der Waals surface area contributed by atoms with Gasteiger partial charge in [0, 0.05) is 11.5 Å². The highest BCUT2D eigenvalue weighted by Gasteiger charge is 2.47. The molecule has 0 aromatic rings. The summed E-state index contributed by atoms with van der Waals surface area (Å²) in [5, 5.41) is 0. The van der Waals surface area contributed by atoms with Gasteiger partial charge >= 0.3 is 5.97 Å². The molecule has 0 saturated heterocycles. The molecule has 2 aliphatic rings. The molecular weight excluding hydrogens is 212 g/mol. The third kappa shape index (κ3) is 2.56. The van der Waals surface area contributed by atoms with Gasteiger partial charge in [0.2, 0.25) is 0 Å². The summed E-state index contributed by atoms with van der Waals surface area (Å²) in [7, 11) is 0. The molecule has 0 N–H and O–H groups in total. The normalized spacial score (nSPS) is 37.1. The quantitative estimate of drug-likeness (QED) is 0.537. The van der Waals surface area contributed by atoms with Crippen LogP contribution in [0, 0.1) is 11.8 Å². The Morgan fingerprint density at radius 2 is 1.94 bits per heavy atom. The summed E-state index contributed by atoms with van der Waals surface area (Å²) in [6, 6.07) is 0. The second kappa shape index (κ2) is 4.83. The minimum absolute atomic E-state index is 0.211. The first-order valence-corrected chi connectivity index (χ1v) is 6.92. The van der Waals surface area contributed by atoms with Crippen molar-refractivity contribution in [3.8, 4) is 0 Å². The van der Waals surface area contributed by atoms with Crippen LogP contribution >= 0.6 is 0 Å². The molecule has 17 heavy (non-hydrogen) atoms. The van der Waals surface area contributed by atoms with Crippen molar-refractivity contribution in [1.82, 2.24) is 0 Å². The highest BCUT2D eigenvalue weighted by Crippen LogP contribution is 2.49. The minimum atomic E-state index is -0.231. The SMILES string of the molecule is C=C(C)C(=O)OC1(C)CCC2CCCCCC21. The smallest absolute Gasteiger partial charge is 0.333 e. The molecule has 0 aromatic heterocycles. The summed E-state index contributed by atoms with van der Waals surface area (Å²) in [5.74, 6) is 1.14. The zero-order valence-electron chi connectivity index (χ0n) is 11.1. The maximum atomic E-state index is 11.7. The predicted molar refractivity (Wildman–Crippen MR) is 68.6 cm³/mol. The summed E-state index contributed by atoms with van der Waals surface area (Å²) in [6.45, 7) is 7.53. The lowest BCUT2D eigenvalue weighted by Gasteiger charge is -2.33. The maximum absolute atomic E-state index is 11.7. The largest absolute Gasteiger partial charge is 0.456 e. The second-order valence-electron chi connectivity index (χ2n) is 6.03. The molecule has 0 spiro atoms. The average molecular weight is 236 g/mol. The molecule has 0 radical (unpaired) electrons. The lowest BCUT2D eigenvalue weighted by molar-refractivity contribution is -0.157. The molecule has 2 saturated carbocycles. The Morgan fingerprint density at radius 3 is 2.65 bits per heavy atom. The zero-order valence-corrected chi connectivity index (χ0v) is 11.1. The standard InChI is InChI=1S/C15H24O2/c1-11(2)14(16)17-15(3)10-9-12-7-5-4-6-8-13(12)15/h12-13H,1,4-10H2,2-3H3. The first kappa shape index (κ1) is 12.7. The third-order valence-electron chi connectivity index (χ3n) is 4.63. The Bertz CT molecular complexity index is 321. The average Bonchev–Trinajstić information content (AvgIpc) is 2.49. The predicted octanol–water partition coefficient (Wildman–Crippen LogP) is 3.85. The number of ether oxygens (including phenoxy) is 1. The molecule has 96 valence electrons. The summed E-state index contributed by atoms with van der Waals surface area (Å²) in [6.07, 6.45) is 8.80. The van der Waals surface area contributed by atoms with Crippen molar-refractivity contribution in [1.29, 1.82) is 0 Å². The van der Waals surface area contributed by atoms with E-state index in [4.69, 9.17) is 4.74 Å². The number of hydrogen-bond acceptors (Lipinski definition) is 2. The fourth-order valence-electron chi connectivity index (χ4n) is 3.62. The Kier molecular flexibility index (Phi) is 3.60. The van der Waals surface area contributed by atoms with Gasteiger partial charge in [-0.25, -0.2) is 4.79 Å². The molecule has 2 aliphatic carbocycles. The molecule has 3 unspecified atom stereocenters. The Labute approximate surface area is 104 Å². The summed E-state index contributed by atoms with van der Waals surface area (Å²) in [4.78, 5) is 11.7. The zero-order chi connectivity index (χ0) is 12.5. The van der Waals surface area contributed by atoms with Gasteiger partial charge in [0.1, 0.15) is 5.60 Å². The van der Waals surface area contributed by atoms with E-state index in [0.717, 1.165) is 12.3 Å². The van der Waals surface area contributed by atoms with Gasteiger partial charge in [-0.3, -0.25) is 0 Å². The Balaban J connectivity index is 2.08. The summed E-state index contributed by atoms with van der Waals surface area (Å²) < 4.78 is 5.75. The monoisotopic (exact) mass is 236 g/mol. The molecule has 0 aliphatic heterocycles. The lowest BCUT2D eigenvalue weighted by atomic mass is 9.83. The van der Waals surface area contributed by atoms with Gasteiger partial charge in [0.25, 0.3) is 0 Å². The van der Waals surface area contributed by atoms with Crippen molar-refractivity contribution in [2.45, 2.75) is 64.4 Å². The van der Waals surface area contributed by atoms with E-state index in [1.807, 2.05) is 0 Å². The minimum Gasteiger partial charge on any atom is -0.456 e. The number of carbonyl (C=O) groups is 1. The highest BCUT2D eigenvalue weighted by molar-refractivity contribution is 5.87. The van der Waals surface area contributed by atoms with Crippen LogP contribution in [-0.4, -0.2) is 11.6 Å². The van der Waals surface area contributed by atoms with E-state index >= 15 is 0 Å². The van der Waals surface area contributed by atoms with Crippen LogP contribution in [0.5, 0.6) is 0 Å². The van der Waals surface area contributed by atoms with Crippen LogP contribution in [0.15, 0.2) is 12.2 Å². The first-order valence-electron chi connectivity index (χ1n) is 6.92. The van der Waals surface area contributed by atoms with E-state index in [0.29, 0.717) is 11.5 Å². The van der Waals surface area contributed by atoms with Crippen molar-refractivity contribution in [2.24, 2.45) is 11.8 Å². The molecule has 0 amide bonds. The summed E-state index contributed by atoms with van der Waals surface area (Å²) >= 11 is 0. The van der Waals surface area contributed by atoms with Crippen LogP contribution in [-0.2, 0) is 9.53 Å². The van der Waals surface area contributed by atoms with Gasteiger partial charge in [-0.1, -0.05) is 32.3 Å². The first-order chi connectivity index (χ1) is 8.03. The van der Waals surface area contributed by atoms with Gasteiger partial charge in [0.15, 0.2) is 0 Å². The molecular formula is C15H24O2. The van der Waals surface area contributed by atoms with Gasteiger partial charge in [0.05, 0.1) is 0 Å². The molecule has 2 rings (SSSR count). The van der Waals surface area contributed by atoms with Gasteiger partial charge in [-0.05, 0) is 39.0 Å². The molecule has 0 heterocycles. The molecule has 2 nitrogen and oxygen atoms in total. The Morgan fingerprint density at radius 1 is 1.24 bits per heavy atom. The van der Waals surface area contributed by atoms with Crippen molar-refractivity contribution in [3.63, 3.8) is 0 Å². The van der Waals surface area contributed by atoms with Crippen molar-refractivity contribution < 1.29 is 9.53 Å². The lowest BCUT2D eigenvalue weighted by Crippen LogP contribution is -2.37. The van der Waals surface area contributed by atoms with Gasteiger partial charge in [-0.2, -0.15) is 0 Å². The van der Waals surface area contributed by atoms with Crippen molar-refractivity contribution in [2.75, 3.05) is 0 Å². The molecule has 0 aromatic carbocycles. The van der Waals surface area contributed by atoms with Gasteiger partial charge < -0.3 is 4.74 Å². The molecule has 0 bridgehead atoms. The fourth-order valence-corrected chi connectivity index (χ4v) is 3.62. The van der Waals surface area contributed by atoms with E-state index in [1.54, 1.807) is 6.92 Å². The van der Waals surface area contributed by atoms with Gasteiger partial charge in [-0.15, -0.1) is 0 Å². The second-order valence-corrected chi connectivity index (χ2v) is 6.03.